The summed E-state index contributed by atoms with van der Waals surface area (Å²) in [5.74, 6) is -0.389. The predicted molar refractivity (Wildman–Crippen MR) is 100.0 cm³/mol. The molecule has 146 valence electrons. The molecule has 1 N–H and O–H groups in total. The third-order valence-corrected chi connectivity index (χ3v) is 5.16. The van der Waals surface area contributed by atoms with Gasteiger partial charge in [0.1, 0.15) is 6.04 Å². The highest BCUT2D eigenvalue weighted by Crippen LogP contribution is 2.41. The van der Waals surface area contributed by atoms with Gasteiger partial charge in [-0.1, -0.05) is 43.7 Å². The molecule has 1 amide bonds. The molecule has 27 heavy (non-hydrogen) atoms. The third kappa shape index (κ3) is 3.95. The number of benzene rings is 2. The van der Waals surface area contributed by atoms with Crippen LogP contribution in [-0.4, -0.2) is 23.6 Å². The van der Waals surface area contributed by atoms with Crippen molar-refractivity contribution in [3.8, 4) is 0 Å². The normalized spacial score (nSPS) is 18.7. The molecule has 0 saturated carbocycles. The second-order valence-corrected chi connectivity index (χ2v) is 7.90. The summed E-state index contributed by atoms with van der Waals surface area (Å²) >= 11 is 0. The van der Waals surface area contributed by atoms with E-state index in [0.717, 1.165) is 40.6 Å². The van der Waals surface area contributed by atoms with Gasteiger partial charge in [-0.15, -0.1) is 0 Å². The molecule has 0 bridgehead atoms. The van der Waals surface area contributed by atoms with E-state index in [1.807, 2.05) is 18.2 Å². The van der Waals surface area contributed by atoms with Gasteiger partial charge in [-0.3, -0.25) is 10.2 Å². The summed E-state index contributed by atoms with van der Waals surface area (Å²) in [5.41, 5.74) is 2.85. The van der Waals surface area contributed by atoms with Crippen LogP contribution in [0.25, 0.3) is 10.8 Å². The lowest BCUT2D eigenvalue weighted by Gasteiger charge is -2.30. The molecule has 2 aromatic rings. The molecule has 1 aliphatic heterocycles. The Kier molecular flexibility index (Phi) is 5.21. The van der Waals surface area contributed by atoms with E-state index in [0.29, 0.717) is 0 Å². The summed E-state index contributed by atoms with van der Waals surface area (Å²) in [5, 5.41) is 2.80. The van der Waals surface area contributed by atoms with E-state index in [9.17, 15) is 18.0 Å². The maximum atomic E-state index is 13.9. The van der Waals surface area contributed by atoms with Crippen molar-refractivity contribution in [2.24, 2.45) is 5.41 Å². The zero-order valence-corrected chi connectivity index (χ0v) is 15.9. The number of unbranched alkanes of at least 4 members (excludes halogenated alkanes) is 1. The van der Waals surface area contributed by atoms with Crippen LogP contribution in [-0.2, 0) is 11.2 Å². The van der Waals surface area contributed by atoms with Crippen LogP contribution in [0, 0.1) is 5.41 Å². The van der Waals surface area contributed by atoms with Crippen molar-refractivity contribution in [2.75, 3.05) is 6.54 Å². The number of nitrogens with zero attached hydrogens (tertiary/aromatic N) is 1. The fraction of sp³-hybridized carbons (Fsp3) is 0.476. The van der Waals surface area contributed by atoms with Gasteiger partial charge in [-0.2, -0.15) is 13.2 Å². The van der Waals surface area contributed by atoms with Crippen LogP contribution in [0.2, 0.25) is 0 Å². The lowest BCUT2D eigenvalue weighted by molar-refractivity contribution is -0.191. The molecule has 2 aromatic carbocycles. The number of alkyl halides is 3. The number of hydrogen-bond acceptors (Lipinski definition) is 2. The lowest BCUT2D eigenvalue weighted by atomic mass is 9.93. The number of hydrazine groups is 1. The Morgan fingerprint density at radius 2 is 1.96 bits per heavy atom. The molecule has 0 aliphatic carbocycles. The van der Waals surface area contributed by atoms with E-state index in [1.54, 1.807) is 26.0 Å². The summed E-state index contributed by atoms with van der Waals surface area (Å²) < 4.78 is 41.7. The smallest absolute Gasteiger partial charge is 0.287 e. The molecule has 1 unspecified atom stereocenters. The zero-order valence-electron chi connectivity index (χ0n) is 15.9. The van der Waals surface area contributed by atoms with Gasteiger partial charge < -0.3 is 0 Å². The number of carbonyl (C=O) groups is 1. The standard InChI is InChI=1S/C21H25F3N2O/c1-4-5-7-14-8-6-9-15-12-16(10-11-17(14)15)18(21(22,23)24)26-13-20(2,3)19(27)25-26/h6,8-12,18H,4-5,7,13H2,1-3H3,(H,25,27). The molecule has 1 aliphatic rings. The number of aryl methyl sites for hydroxylation is 1. The van der Waals surface area contributed by atoms with Gasteiger partial charge in [0.05, 0.1) is 5.41 Å². The quantitative estimate of drug-likeness (QED) is 0.780. The Morgan fingerprint density at radius 1 is 1.22 bits per heavy atom. The first kappa shape index (κ1) is 19.7. The van der Waals surface area contributed by atoms with Gasteiger partial charge >= 0.3 is 6.18 Å². The molecule has 3 nitrogen and oxygen atoms in total. The number of fused-ring (bicyclic) bond motifs is 1. The van der Waals surface area contributed by atoms with Crippen LogP contribution >= 0.6 is 0 Å². The van der Waals surface area contributed by atoms with Crippen molar-refractivity contribution in [3.63, 3.8) is 0 Å². The Labute approximate surface area is 157 Å². The second-order valence-electron chi connectivity index (χ2n) is 7.90. The first-order valence-corrected chi connectivity index (χ1v) is 9.29. The predicted octanol–water partition coefficient (Wildman–Crippen LogP) is 5.16. The van der Waals surface area contributed by atoms with Gasteiger partial charge in [-0.25, -0.2) is 5.01 Å². The molecular weight excluding hydrogens is 353 g/mol. The van der Waals surface area contributed by atoms with Gasteiger partial charge in [0, 0.05) is 6.54 Å². The summed E-state index contributed by atoms with van der Waals surface area (Å²) in [6, 6.07) is 8.80. The zero-order chi connectivity index (χ0) is 19.8. The summed E-state index contributed by atoms with van der Waals surface area (Å²) in [6.07, 6.45) is -1.48. The highest BCUT2D eigenvalue weighted by Gasteiger charge is 2.51. The molecule has 1 fully saturated rings. The highest BCUT2D eigenvalue weighted by molar-refractivity contribution is 5.86. The molecule has 1 saturated heterocycles. The number of rotatable bonds is 5. The van der Waals surface area contributed by atoms with E-state index in [2.05, 4.69) is 12.3 Å². The van der Waals surface area contributed by atoms with Crippen LogP contribution in [0.3, 0.4) is 0 Å². The minimum absolute atomic E-state index is 0.00455. The molecule has 0 spiro atoms. The van der Waals surface area contributed by atoms with E-state index in [1.165, 1.54) is 6.07 Å². The van der Waals surface area contributed by atoms with Gasteiger partial charge in [0.25, 0.3) is 0 Å². The monoisotopic (exact) mass is 378 g/mol. The third-order valence-electron chi connectivity index (χ3n) is 5.16. The van der Waals surface area contributed by atoms with Crippen LogP contribution in [0.1, 0.15) is 50.8 Å². The van der Waals surface area contributed by atoms with E-state index in [-0.39, 0.29) is 18.0 Å². The Hall–Kier alpha value is -2.08. The maximum Gasteiger partial charge on any atom is 0.409 e. The van der Waals surface area contributed by atoms with Crippen molar-refractivity contribution in [1.82, 2.24) is 10.4 Å². The van der Waals surface area contributed by atoms with Gasteiger partial charge in [0.2, 0.25) is 5.91 Å². The van der Waals surface area contributed by atoms with Crippen molar-refractivity contribution in [1.29, 1.82) is 0 Å². The van der Waals surface area contributed by atoms with E-state index >= 15 is 0 Å². The molecule has 6 heteroatoms. The molecule has 1 heterocycles. The van der Waals surface area contributed by atoms with Crippen molar-refractivity contribution < 1.29 is 18.0 Å². The average Bonchev–Trinajstić information content (AvgIpc) is 2.84. The van der Waals surface area contributed by atoms with Crippen LogP contribution in [0.4, 0.5) is 13.2 Å². The summed E-state index contributed by atoms with van der Waals surface area (Å²) in [6.45, 7) is 5.42. The average molecular weight is 378 g/mol. The summed E-state index contributed by atoms with van der Waals surface area (Å²) in [7, 11) is 0. The Bertz CT molecular complexity index is 845. The maximum absolute atomic E-state index is 13.9. The molecule has 0 radical (unpaired) electrons. The number of hydrogen-bond donors (Lipinski definition) is 1. The molecular formula is C21H25F3N2O. The van der Waals surface area contributed by atoms with Crippen LogP contribution < -0.4 is 5.43 Å². The number of halogens is 3. The minimum Gasteiger partial charge on any atom is -0.287 e. The van der Waals surface area contributed by atoms with Crippen molar-refractivity contribution >= 4 is 16.7 Å². The summed E-state index contributed by atoms with van der Waals surface area (Å²) in [4.78, 5) is 12.0. The minimum atomic E-state index is -4.50. The van der Waals surface area contributed by atoms with E-state index < -0.39 is 17.6 Å². The van der Waals surface area contributed by atoms with Gasteiger partial charge in [-0.05, 0) is 54.7 Å². The van der Waals surface area contributed by atoms with Crippen molar-refractivity contribution in [3.05, 3.63) is 47.5 Å². The fourth-order valence-electron chi connectivity index (χ4n) is 3.64. The van der Waals surface area contributed by atoms with Crippen LogP contribution in [0.5, 0.6) is 0 Å². The largest absolute Gasteiger partial charge is 0.409 e. The number of nitrogens with one attached hydrogen (secondary N) is 1. The lowest BCUT2D eigenvalue weighted by Crippen LogP contribution is -2.43. The Morgan fingerprint density at radius 3 is 2.56 bits per heavy atom. The SMILES string of the molecule is CCCCc1cccc2cc(C(N3CC(C)(C)C(=O)N3)C(F)(F)F)ccc12. The van der Waals surface area contributed by atoms with Crippen molar-refractivity contribution in [2.45, 2.75) is 52.3 Å². The van der Waals surface area contributed by atoms with E-state index in [4.69, 9.17) is 0 Å². The number of amides is 1. The Balaban J connectivity index is 2.01. The fourth-order valence-corrected chi connectivity index (χ4v) is 3.64. The second kappa shape index (κ2) is 7.15. The van der Waals surface area contributed by atoms with Crippen LogP contribution in [0.15, 0.2) is 36.4 Å². The van der Waals surface area contributed by atoms with Gasteiger partial charge in [0.15, 0.2) is 0 Å². The highest BCUT2D eigenvalue weighted by atomic mass is 19.4. The first-order valence-electron chi connectivity index (χ1n) is 9.29. The topological polar surface area (TPSA) is 32.3 Å². The first-order chi connectivity index (χ1) is 12.6. The molecule has 1 atom stereocenters. The molecule has 3 rings (SSSR count). The molecule has 0 aromatic heterocycles. The number of carbonyl (C=O) groups excluding carboxylic acids is 1.